The molecule has 0 radical (unpaired) electrons. The summed E-state index contributed by atoms with van der Waals surface area (Å²) >= 11 is 0. The Hall–Kier alpha value is -0.780. The van der Waals surface area contributed by atoms with Gasteiger partial charge in [-0.05, 0) is 0 Å². The van der Waals surface area contributed by atoms with E-state index in [2.05, 4.69) is 0 Å². The highest BCUT2D eigenvalue weighted by atomic mass is 16.7. The summed E-state index contributed by atoms with van der Waals surface area (Å²) in [4.78, 5) is 20.4. The first-order valence-corrected chi connectivity index (χ1v) is 4.06. The van der Waals surface area contributed by atoms with Crippen molar-refractivity contribution in [3.05, 3.63) is 0 Å². The van der Waals surface area contributed by atoms with Gasteiger partial charge in [0.15, 0.2) is 5.79 Å². The van der Waals surface area contributed by atoms with Gasteiger partial charge in [-0.3, -0.25) is 0 Å². The van der Waals surface area contributed by atoms with E-state index >= 15 is 0 Å². The SMILES string of the molecule is O=CCO[C@@]1(CC=O)COCCO1. The van der Waals surface area contributed by atoms with Gasteiger partial charge in [-0.1, -0.05) is 0 Å². The first kappa shape index (κ1) is 10.3. The molecule has 5 heteroatoms. The zero-order chi connectivity index (χ0) is 9.57. The number of aldehydes is 2. The standard InChI is InChI=1S/C8H12O5/c9-2-1-8(12-4-3-10)7-11-5-6-13-8/h2-3H,1,4-7H2/t8-/m1/s1. The average molecular weight is 188 g/mol. The Morgan fingerprint density at radius 1 is 1.31 bits per heavy atom. The molecule has 0 saturated carbocycles. The molecule has 0 N–H and O–H groups in total. The first-order chi connectivity index (χ1) is 6.33. The van der Waals surface area contributed by atoms with Crippen LogP contribution in [-0.4, -0.2) is 44.8 Å². The quantitative estimate of drug-likeness (QED) is 0.546. The third kappa shape index (κ3) is 2.87. The van der Waals surface area contributed by atoms with Crippen molar-refractivity contribution in [2.45, 2.75) is 12.2 Å². The maximum Gasteiger partial charge on any atom is 0.199 e. The van der Waals surface area contributed by atoms with Crippen LogP contribution in [0.3, 0.4) is 0 Å². The van der Waals surface area contributed by atoms with Crippen LogP contribution >= 0.6 is 0 Å². The highest BCUT2D eigenvalue weighted by molar-refractivity contribution is 5.52. The molecule has 1 heterocycles. The van der Waals surface area contributed by atoms with Gasteiger partial charge in [-0.15, -0.1) is 0 Å². The van der Waals surface area contributed by atoms with Crippen molar-refractivity contribution in [1.29, 1.82) is 0 Å². The average Bonchev–Trinajstić information content (AvgIpc) is 2.17. The fourth-order valence-electron chi connectivity index (χ4n) is 1.13. The van der Waals surface area contributed by atoms with Crippen molar-refractivity contribution in [3.8, 4) is 0 Å². The lowest BCUT2D eigenvalue weighted by Gasteiger charge is -2.34. The Morgan fingerprint density at radius 2 is 2.15 bits per heavy atom. The zero-order valence-corrected chi connectivity index (χ0v) is 7.23. The summed E-state index contributed by atoms with van der Waals surface area (Å²) in [6.45, 7) is 0.981. The van der Waals surface area contributed by atoms with Gasteiger partial charge in [0, 0.05) is 0 Å². The van der Waals surface area contributed by atoms with Gasteiger partial charge in [0.1, 0.15) is 25.8 Å². The first-order valence-electron chi connectivity index (χ1n) is 4.06. The smallest absolute Gasteiger partial charge is 0.199 e. The lowest BCUT2D eigenvalue weighted by Crippen LogP contribution is -2.46. The van der Waals surface area contributed by atoms with Gasteiger partial charge >= 0.3 is 0 Å². The second kappa shape index (κ2) is 5.06. The topological polar surface area (TPSA) is 61.8 Å². The number of rotatable bonds is 5. The van der Waals surface area contributed by atoms with Gasteiger partial charge < -0.3 is 23.8 Å². The molecule has 1 atom stereocenters. The molecule has 0 aromatic carbocycles. The van der Waals surface area contributed by atoms with E-state index in [1.807, 2.05) is 0 Å². The zero-order valence-electron chi connectivity index (χ0n) is 7.23. The Kier molecular flexibility index (Phi) is 4.01. The van der Waals surface area contributed by atoms with E-state index < -0.39 is 5.79 Å². The molecule has 0 spiro atoms. The third-order valence-corrected chi connectivity index (χ3v) is 1.72. The number of hydrogen-bond donors (Lipinski definition) is 0. The minimum absolute atomic E-state index is 0.0842. The van der Waals surface area contributed by atoms with Crippen LogP contribution in [0.2, 0.25) is 0 Å². The minimum Gasteiger partial charge on any atom is -0.373 e. The summed E-state index contributed by atoms with van der Waals surface area (Å²) in [5, 5.41) is 0. The highest BCUT2D eigenvalue weighted by Crippen LogP contribution is 2.20. The molecule has 13 heavy (non-hydrogen) atoms. The summed E-state index contributed by atoms with van der Waals surface area (Å²) in [6, 6.07) is 0. The molecule has 1 aliphatic rings. The molecule has 0 amide bonds. The van der Waals surface area contributed by atoms with E-state index in [1.165, 1.54) is 0 Å². The molecule has 0 aliphatic carbocycles. The molecule has 1 fully saturated rings. The summed E-state index contributed by atoms with van der Waals surface area (Å²) in [7, 11) is 0. The van der Waals surface area contributed by atoms with Crippen LogP contribution in [0.25, 0.3) is 0 Å². The second-order valence-electron chi connectivity index (χ2n) is 2.66. The predicted molar refractivity (Wildman–Crippen MR) is 42.2 cm³/mol. The van der Waals surface area contributed by atoms with E-state index in [0.717, 1.165) is 0 Å². The molecule has 0 aromatic heterocycles. The number of carbonyl (C=O) groups excluding carboxylic acids is 2. The van der Waals surface area contributed by atoms with Crippen molar-refractivity contribution in [3.63, 3.8) is 0 Å². The van der Waals surface area contributed by atoms with Gasteiger partial charge in [0.05, 0.1) is 19.6 Å². The van der Waals surface area contributed by atoms with Gasteiger partial charge in [-0.25, -0.2) is 0 Å². The Morgan fingerprint density at radius 3 is 2.69 bits per heavy atom. The van der Waals surface area contributed by atoms with E-state index in [1.54, 1.807) is 0 Å². The Bertz CT molecular complexity index is 173. The number of carbonyl (C=O) groups is 2. The van der Waals surface area contributed by atoms with E-state index in [0.29, 0.717) is 25.8 Å². The number of ether oxygens (including phenoxy) is 3. The molecule has 0 bridgehead atoms. The lowest BCUT2D eigenvalue weighted by atomic mass is 10.2. The monoisotopic (exact) mass is 188 g/mol. The van der Waals surface area contributed by atoms with Crippen LogP contribution in [0.4, 0.5) is 0 Å². The Balaban J connectivity index is 2.49. The van der Waals surface area contributed by atoms with Crippen molar-refractivity contribution in [2.75, 3.05) is 26.4 Å². The van der Waals surface area contributed by atoms with Crippen LogP contribution in [0.1, 0.15) is 6.42 Å². The largest absolute Gasteiger partial charge is 0.373 e. The van der Waals surface area contributed by atoms with Gasteiger partial charge in [-0.2, -0.15) is 0 Å². The van der Waals surface area contributed by atoms with E-state index in [4.69, 9.17) is 14.2 Å². The maximum atomic E-state index is 10.3. The summed E-state index contributed by atoms with van der Waals surface area (Å²) in [5.74, 6) is -1.04. The van der Waals surface area contributed by atoms with Crippen LogP contribution in [0.5, 0.6) is 0 Å². The van der Waals surface area contributed by atoms with E-state index in [-0.39, 0.29) is 19.6 Å². The maximum absolute atomic E-state index is 10.3. The molecule has 1 saturated heterocycles. The Labute approximate surface area is 76.0 Å². The third-order valence-electron chi connectivity index (χ3n) is 1.72. The molecular weight excluding hydrogens is 176 g/mol. The number of hydrogen-bond acceptors (Lipinski definition) is 5. The van der Waals surface area contributed by atoms with Crippen LogP contribution in [0.15, 0.2) is 0 Å². The van der Waals surface area contributed by atoms with Crippen LogP contribution < -0.4 is 0 Å². The van der Waals surface area contributed by atoms with Crippen molar-refractivity contribution in [1.82, 2.24) is 0 Å². The van der Waals surface area contributed by atoms with Crippen molar-refractivity contribution < 1.29 is 23.8 Å². The fraction of sp³-hybridized carbons (Fsp3) is 0.750. The molecule has 1 aliphatic heterocycles. The summed E-state index contributed by atoms with van der Waals surface area (Å²) in [6.07, 6.45) is 1.39. The normalized spacial score (nSPS) is 28.3. The molecule has 0 unspecified atom stereocenters. The highest BCUT2D eigenvalue weighted by Gasteiger charge is 2.34. The second-order valence-corrected chi connectivity index (χ2v) is 2.66. The lowest BCUT2D eigenvalue weighted by molar-refractivity contribution is -0.287. The molecule has 1 rings (SSSR count). The van der Waals surface area contributed by atoms with Crippen molar-refractivity contribution in [2.24, 2.45) is 0 Å². The van der Waals surface area contributed by atoms with Crippen molar-refractivity contribution >= 4 is 12.6 Å². The summed E-state index contributed by atoms with van der Waals surface area (Å²) in [5.41, 5.74) is 0. The predicted octanol–water partition coefficient (Wildman–Crippen LogP) is -0.466. The van der Waals surface area contributed by atoms with Gasteiger partial charge in [0.25, 0.3) is 0 Å². The molecule has 0 aromatic rings. The molecule has 5 nitrogen and oxygen atoms in total. The fourth-order valence-corrected chi connectivity index (χ4v) is 1.13. The minimum atomic E-state index is -1.04. The van der Waals surface area contributed by atoms with E-state index in [9.17, 15) is 9.59 Å². The van der Waals surface area contributed by atoms with Crippen LogP contribution in [-0.2, 0) is 23.8 Å². The van der Waals surface area contributed by atoms with Gasteiger partial charge in [0.2, 0.25) is 0 Å². The molecular formula is C8H12O5. The summed E-state index contributed by atoms with van der Waals surface area (Å²) < 4.78 is 15.5. The molecule has 74 valence electrons. The van der Waals surface area contributed by atoms with Crippen LogP contribution in [0, 0.1) is 0 Å².